The van der Waals surface area contributed by atoms with E-state index in [9.17, 15) is 27.6 Å². The molecule has 4 fully saturated rings. The first kappa shape index (κ1) is 44.0. The molecule has 14 heteroatoms. The second kappa shape index (κ2) is 19.0. The van der Waals surface area contributed by atoms with Crippen LogP contribution in [0.3, 0.4) is 0 Å². The van der Waals surface area contributed by atoms with Gasteiger partial charge in [-0.1, -0.05) is 42.5 Å². The summed E-state index contributed by atoms with van der Waals surface area (Å²) in [6, 6.07) is 18.7. The molecular weight excluding hydrogens is 807 g/mol. The summed E-state index contributed by atoms with van der Waals surface area (Å²) < 4.78 is 36.7. The Labute approximate surface area is 366 Å². The van der Waals surface area contributed by atoms with Crippen LogP contribution in [0.2, 0.25) is 0 Å². The molecular formula is C48H61N5O8S. The third-order valence-electron chi connectivity index (χ3n) is 14.0. The van der Waals surface area contributed by atoms with Gasteiger partial charge in [-0.25, -0.2) is 8.42 Å². The number of methoxy groups -OCH3 is 1. The highest BCUT2D eigenvalue weighted by Crippen LogP contribution is 2.41. The first-order valence-corrected chi connectivity index (χ1v) is 24.6. The summed E-state index contributed by atoms with van der Waals surface area (Å²) in [7, 11) is -2.08. The molecule has 0 spiro atoms. The molecule has 2 unspecified atom stereocenters. The summed E-state index contributed by atoms with van der Waals surface area (Å²) >= 11 is 0. The van der Waals surface area contributed by atoms with E-state index in [0.717, 1.165) is 100 Å². The monoisotopic (exact) mass is 867 g/mol. The number of hydrogen-bond donors (Lipinski definition) is 1. The highest BCUT2D eigenvalue weighted by atomic mass is 32.2. The minimum Gasteiger partial charge on any atom is -0.493 e. The van der Waals surface area contributed by atoms with Crippen molar-refractivity contribution in [2.75, 3.05) is 78.1 Å². The molecule has 8 rings (SSSR count). The molecule has 3 aromatic carbocycles. The Bertz CT molecular complexity index is 2240. The third-order valence-corrected chi connectivity index (χ3v) is 15.0. The quantitative estimate of drug-likeness (QED) is 0.205. The SMILES string of the molecule is CCOc1cc(C(CS(C)(=O)=O)N2C(=O)c3cccc(C4CCN(CCN5CCC(N6CCC(c7ccc(C8CCC(=O)NC8=O)cc7)CC6)CC5)CC4)c3C2=O)ccc1OC. The summed E-state index contributed by atoms with van der Waals surface area (Å²) in [5, 5.41) is 2.48. The van der Waals surface area contributed by atoms with Gasteiger partial charge in [0.1, 0.15) is 9.84 Å². The van der Waals surface area contributed by atoms with Gasteiger partial charge < -0.3 is 24.2 Å². The molecule has 332 valence electrons. The van der Waals surface area contributed by atoms with Gasteiger partial charge in [0.25, 0.3) is 11.8 Å². The maximum Gasteiger partial charge on any atom is 0.262 e. The number of benzene rings is 3. The predicted molar refractivity (Wildman–Crippen MR) is 237 cm³/mol. The van der Waals surface area contributed by atoms with Crippen molar-refractivity contribution in [3.8, 4) is 11.5 Å². The van der Waals surface area contributed by atoms with Crippen molar-refractivity contribution >= 4 is 33.5 Å². The molecule has 2 atom stereocenters. The van der Waals surface area contributed by atoms with Crippen LogP contribution in [0.15, 0.2) is 60.7 Å². The second-order valence-corrected chi connectivity index (χ2v) is 20.1. The van der Waals surface area contributed by atoms with Gasteiger partial charge in [-0.2, -0.15) is 0 Å². The number of likely N-dealkylation sites (tertiary alicyclic amines) is 3. The third kappa shape index (κ3) is 9.63. The van der Waals surface area contributed by atoms with Gasteiger partial charge in [0, 0.05) is 31.8 Å². The molecule has 0 bridgehead atoms. The van der Waals surface area contributed by atoms with E-state index in [1.165, 1.54) is 25.5 Å². The van der Waals surface area contributed by atoms with E-state index in [-0.39, 0.29) is 23.7 Å². The highest BCUT2D eigenvalue weighted by Gasteiger charge is 2.44. The Hall–Kier alpha value is -4.63. The number of carbonyl (C=O) groups excluding carboxylic acids is 4. The Morgan fingerprint density at radius 1 is 0.742 bits per heavy atom. The van der Waals surface area contributed by atoms with Crippen LogP contribution in [0.4, 0.5) is 0 Å². The molecule has 5 aliphatic heterocycles. The van der Waals surface area contributed by atoms with Crippen molar-refractivity contribution in [1.29, 1.82) is 0 Å². The number of imide groups is 2. The predicted octanol–water partition coefficient (Wildman–Crippen LogP) is 5.52. The standard InChI is InChI=1S/C48H61N5O8S/c1-4-61-43-30-36(12-14-42(43)60-2)41(31-62(3,58)59)53-47(56)40-7-5-6-38(45(40)48(53)57)35-16-22-50(23-17-35)28-29-51-24-20-37(21-25-51)52-26-18-33(19-27-52)32-8-10-34(11-9-32)39-13-15-44(54)49-46(39)55/h5-12,14,30,33,35,37,39,41H,4,13,15-29,31H2,1-3H3,(H,49,54,55). The zero-order valence-corrected chi connectivity index (χ0v) is 37.2. The molecule has 1 N–H and O–H groups in total. The van der Waals surface area contributed by atoms with Crippen LogP contribution < -0.4 is 14.8 Å². The fourth-order valence-electron chi connectivity index (χ4n) is 10.6. The smallest absolute Gasteiger partial charge is 0.262 e. The molecule has 0 aliphatic carbocycles. The average molecular weight is 868 g/mol. The van der Waals surface area contributed by atoms with Crippen molar-refractivity contribution in [3.05, 3.63) is 94.0 Å². The average Bonchev–Trinajstić information content (AvgIpc) is 3.53. The Morgan fingerprint density at radius 2 is 1.39 bits per heavy atom. The van der Waals surface area contributed by atoms with Gasteiger partial charge >= 0.3 is 0 Å². The molecule has 0 aromatic heterocycles. The van der Waals surface area contributed by atoms with Crippen molar-refractivity contribution in [1.82, 2.24) is 24.9 Å². The Balaban J connectivity index is 0.807. The normalized spacial score (nSPS) is 22.2. The minimum atomic E-state index is -3.60. The van der Waals surface area contributed by atoms with Crippen LogP contribution in [0.1, 0.15) is 125 Å². The number of ether oxygens (including phenoxy) is 2. The van der Waals surface area contributed by atoms with Crippen LogP contribution in [-0.4, -0.2) is 136 Å². The van der Waals surface area contributed by atoms with Crippen molar-refractivity contribution < 1.29 is 37.1 Å². The fourth-order valence-corrected chi connectivity index (χ4v) is 11.5. The molecule has 5 aliphatic rings. The molecule has 13 nitrogen and oxygen atoms in total. The number of amides is 4. The van der Waals surface area contributed by atoms with Crippen LogP contribution in [-0.2, 0) is 19.4 Å². The first-order valence-electron chi connectivity index (χ1n) is 22.5. The molecule has 4 saturated heterocycles. The van der Waals surface area contributed by atoms with Crippen molar-refractivity contribution in [3.63, 3.8) is 0 Å². The first-order chi connectivity index (χ1) is 29.9. The second-order valence-electron chi connectivity index (χ2n) is 17.9. The number of hydrogen-bond acceptors (Lipinski definition) is 11. The van der Waals surface area contributed by atoms with Crippen molar-refractivity contribution in [2.45, 2.75) is 88.1 Å². The van der Waals surface area contributed by atoms with Gasteiger partial charge in [0.15, 0.2) is 11.5 Å². The van der Waals surface area contributed by atoms with E-state index < -0.39 is 33.4 Å². The van der Waals surface area contributed by atoms with Crippen LogP contribution >= 0.6 is 0 Å². The number of piperidine rings is 4. The summed E-state index contributed by atoms with van der Waals surface area (Å²) in [4.78, 5) is 61.2. The number of carbonyl (C=O) groups is 4. The van der Waals surface area contributed by atoms with E-state index in [4.69, 9.17) is 9.47 Å². The van der Waals surface area contributed by atoms with Gasteiger partial charge in [-0.05, 0) is 143 Å². The largest absolute Gasteiger partial charge is 0.493 e. The van der Waals surface area contributed by atoms with E-state index in [2.05, 4.69) is 44.3 Å². The lowest BCUT2D eigenvalue weighted by Crippen LogP contribution is -2.49. The van der Waals surface area contributed by atoms with Crippen molar-refractivity contribution in [2.24, 2.45) is 0 Å². The number of nitrogens with one attached hydrogen (secondary N) is 1. The number of fused-ring (bicyclic) bond motifs is 1. The van der Waals surface area contributed by atoms with Gasteiger partial charge in [0.05, 0.1) is 42.6 Å². The zero-order chi connectivity index (χ0) is 43.5. The summed E-state index contributed by atoms with van der Waals surface area (Å²) in [5.74, 6) is -0.380. The van der Waals surface area contributed by atoms with Gasteiger partial charge in [-0.15, -0.1) is 0 Å². The molecule has 5 heterocycles. The highest BCUT2D eigenvalue weighted by molar-refractivity contribution is 7.90. The molecule has 4 amide bonds. The molecule has 0 saturated carbocycles. The number of rotatable bonds is 14. The van der Waals surface area contributed by atoms with E-state index in [1.54, 1.807) is 24.3 Å². The lowest BCUT2D eigenvalue weighted by molar-refractivity contribution is -0.134. The van der Waals surface area contributed by atoms with Gasteiger partial charge in [0.2, 0.25) is 11.8 Å². The molecule has 0 radical (unpaired) electrons. The Morgan fingerprint density at radius 3 is 2.02 bits per heavy atom. The van der Waals surface area contributed by atoms with E-state index in [0.29, 0.717) is 59.6 Å². The lowest BCUT2D eigenvalue weighted by atomic mass is 9.85. The van der Waals surface area contributed by atoms with E-state index in [1.807, 2.05) is 19.1 Å². The van der Waals surface area contributed by atoms with Crippen LogP contribution in [0, 0.1) is 0 Å². The van der Waals surface area contributed by atoms with E-state index >= 15 is 0 Å². The topological polar surface area (TPSA) is 146 Å². The zero-order valence-electron chi connectivity index (χ0n) is 36.4. The minimum absolute atomic E-state index is 0.119. The summed E-state index contributed by atoms with van der Waals surface area (Å²) in [6.07, 6.45) is 8.52. The summed E-state index contributed by atoms with van der Waals surface area (Å²) in [6.45, 7) is 10.5. The maximum absolute atomic E-state index is 14.3. The van der Waals surface area contributed by atoms with Gasteiger partial charge in [-0.3, -0.25) is 29.4 Å². The lowest BCUT2D eigenvalue weighted by Gasteiger charge is -2.42. The van der Waals surface area contributed by atoms with Crippen LogP contribution in [0.5, 0.6) is 11.5 Å². The molecule has 3 aromatic rings. The number of sulfone groups is 1. The Kier molecular flexibility index (Phi) is 13.5. The fraction of sp³-hybridized carbons (Fsp3) is 0.542. The number of nitrogens with zero attached hydrogens (tertiary/aromatic N) is 4. The van der Waals surface area contributed by atoms with Crippen LogP contribution in [0.25, 0.3) is 0 Å². The summed E-state index contributed by atoms with van der Waals surface area (Å²) in [5.41, 5.74) is 4.44. The molecule has 62 heavy (non-hydrogen) atoms. The maximum atomic E-state index is 14.3.